The van der Waals surface area contributed by atoms with Crippen molar-refractivity contribution in [1.29, 1.82) is 0 Å². The van der Waals surface area contributed by atoms with Gasteiger partial charge in [-0.3, -0.25) is 9.78 Å². The number of hydrogen-bond donors (Lipinski definition) is 0. The number of amides is 1. The van der Waals surface area contributed by atoms with Crippen molar-refractivity contribution in [3.63, 3.8) is 0 Å². The third kappa shape index (κ3) is 3.96. The highest BCUT2D eigenvalue weighted by atomic mass is 35.5. The van der Waals surface area contributed by atoms with Crippen molar-refractivity contribution in [2.24, 2.45) is 0 Å². The zero-order chi connectivity index (χ0) is 23.8. The second kappa shape index (κ2) is 8.97. The summed E-state index contributed by atoms with van der Waals surface area (Å²) in [6, 6.07) is 29.6. The number of fused-ring (bicyclic) bond motifs is 2. The van der Waals surface area contributed by atoms with Gasteiger partial charge in [0.1, 0.15) is 0 Å². The third-order valence-corrected chi connectivity index (χ3v) is 6.85. The third-order valence-electron chi connectivity index (χ3n) is 6.62. The van der Waals surface area contributed by atoms with Gasteiger partial charge in [-0.2, -0.15) is 0 Å². The van der Waals surface area contributed by atoms with Crippen molar-refractivity contribution in [3.8, 4) is 11.3 Å². The lowest BCUT2D eigenvalue weighted by molar-refractivity contribution is 0.0696. The standard InChI is InChI=1S/C30H22ClN3O/c31-23-11-6-10-22(17-23)29-24-12-5-4-7-20(24)14-16-34(29)30(35)25-18-28(21-8-2-1-3-9-21)33-27-13-15-32-19-26(25)27/h1-13,15,17-19,29H,14,16H2. The van der Waals surface area contributed by atoms with E-state index in [-0.39, 0.29) is 11.9 Å². The number of carbonyl (C=O) groups excluding carboxylic acids is 1. The number of nitrogens with zero attached hydrogens (tertiary/aromatic N) is 3. The van der Waals surface area contributed by atoms with Crippen LogP contribution in [0.5, 0.6) is 0 Å². The maximum atomic E-state index is 14.3. The topological polar surface area (TPSA) is 46.1 Å². The quantitative estimate of drug-likeness (QED) is 0.290. The number of aromatic nitrogens is 2. The van der Waals surface area contributed by atoms with Crippen molar-refractivity contribution < 1.29 is 4.79 Å². The minimum atomic E-state index is -0.230. The van der Waals surface area contributed by atoms with Gasteiger partial charge in [0.15, 0.2) is 0 Å². The van der Waals surface area contributed by atoms with Crippen LogP contribution in [0.2, 0.25) is 5.02 Å². The van der Waals surface area contributed by atoms with Crippen LogP contribution >= 0.6 is 11.6 Å². The summed E-state index contributed by atoms with van der Waals surface area (Å²) in [5.41, 5.74) is 6.48. The van der Waals surface area contributed by atoms with Gasteiger partial charge in [0.2, 0.25) is 0 Å². The maximum Gasteiger partial charge on any atom is 0.255 e. The number of rotatable bonds is 3. The predicted octanol–water partition coefficient (Wildman–Crippen LogP) is 6.74. The van der Waals surface area contributed by atoms with Crippen LogP contribution in [0.1, 0.15) is 33.1 Å². The van der Waals surface area contributed by atoms with Gasteiger partial charge < -0.3 is 4.90 Å². The van der Waals surface area contributed by atoms with E-state index in [9.17, 15) is 4.79 Å². The van der Waals surface area contributed by atoms with Crippen LogP contribution in [0, 0.1) is 0 Å². The minimum absolute atomic E-state index is 0.0398. The molecule has 1 atom stereocenters. The Morgan fingerprint density at radius 2 is 1.74 bits per heavy atom. The molecule has 0 bridgehead atoms. The first-order chi connectivity index (χ1) is 17.2. The molecule has 0 fully saturated rings. The smallest absolute Gasteiger partial charge is 0.255 e. The molecule has 3 aromatic carbocycles. The summed E-state index contributed by atoms with van der Waals surface area (Å²) in [6.45, 7) is 0.609. The maximum absolute atomic E-state index is 14.3. The van der Waals surface area contributed by atoms with Gasteiger partial charge in [-0.1, -0.05) is 78.3 Å². The minimum Gasteiger partial charge on any atom is -0.327 e. The van der Waals surface area contributed by atoms with Crippen molar-refractivity contribution in [2.75, 3.05) is 6.54 Å². The van der Waals surface area contributed by atoms with Gasteiger partial charge in [-0.15, -0.1) is 0 Å². The van der Waals surface area contributed by atoms with E-state index in [1.807, 2.05) is 77.7 Å². The van der Waals surface area contributed by atoms with E-state index in [1.165, 1.54) is 5.56 Å². The van der Waals surface area contributed by atoms with Crippen LogP contribution in [0.4, 0.5) is 0 Å². The molecule has 0 saturated carbocycles. The van der Waals surface area contributed by atoms with E-state index >= 15 is 0 Å². The van der Waals surface area contributed by atoms with E-state index in [4.69, 9.17) is 16.6 Å². The first-order valence-corrected chi connectivity index (χ1v) is 12.0. The number of benzene rings is 3. The summed E-state index contributed by atoms with van der Waals surface area (Å²) in [4.78, 5) is 25.4. The molecular weight excluding hydrogens is 454 g/mol. The van der Waals surface area contributed by atoms with Gasteiger partial charge in [0.25, 0.3) is 5.91 Å². The summed E-state index contributed by atoms with van der Waals surface area (Å²) >= 11 is 6.38. The Hall–Kier alpha value is -4.02. The Balaban J connectivity index is 1.52. The lowest BCUT2D eigenvalue weighted by Gasteiger charge is -2.38. The summed E-state index contributed by atoms with van der Waals surface area (Å²) in [5, 5.41) is 1.41. The lowest BCUT2D eigenvalue weighted by atomic mass is 9.87. The highest BCUT2D eigenvalue weighted by molar-refractivity contribution is 6.30. The SMILES string of the molecule is O=C(c1cc(-c2ccccc2)nc2ccncc12)N1CCc2ccccc2C1c1cccc(Cl)c1. The van der Waals surface area contributed by atoms with Crippen molar-refractivity contribution in [2.45, 2.75) is 12.5 Å². The van der Waals surface area contributed by atoms with Gasteiger partial charge >= 0.3 is 0 Å². The van der Waals surface area contributed by atoms with Crippen molar-refractivity contribution >= 4 is 28.4 Å². The van der Waals surface area contributed by atoms with E-state index in [2.05, 4.69) is 23.2 Å². The average Bonchev–Trinajstić information content (AvgIpc) is 2.92. The molecule has 3 heterocycles. The molecule has 1 unspecified atom stereocenters. The fourth-order valence-electron chi connectivity index (χ4n) is 4.98. The molecule has 0 saturated heterocycles. The molecule has 0 aliphatic carbocycles. The predicted molar refractivity (Wildman–Crippen MR) is 139 cm³/mol. The molecule has 1 amide bonds. The Morgan fingerprint density at radius 3 is 2.60 bits per heavy atom. The molecule has 0 radical (unpaired) electrons. The number of carbonyl (C=O) groups is 1. The van der Waals surface area contributed by atoms with Crippen LogP contribution in [-0.4, -0.2) is 27.3 Å². The van der Waals surface area contributed by atoms with Crippen molar-refractivity contribution in [3.05, 3.63) is 131 Å². The number of hydrogen-bond acceptors (Lipinski definition) is 3. The van der Waals surface area contributed by atoms with Gasteiger partial charge in [-0.05, 0) is 47.4 Å². The summed E-state index contributed by atoms with van der Waals surface area (Å²) in [6.07, 6.45) is 4.24. The molecular formula is C30H22ClN3O. The highest BCUT2D eigenvalue weighted by Crippen LogP contribution is 2.38. The van der Waals surface area contributed by atoms with E-state index in [1.54, 1.807) is 12.4 Å². The van der Waals surface area contributed by atoms with Crippen molar-refractivity contribution in [1.82, 2.24) is 14.9 Å². The Labute approximate surface area is 208 Å². The van der Waals surface area contributed by atoms with Gasteiger partial charge in [-0.25, -0.2) is 4.98 Å². The monoisotopic (exact) mass is 475 g/mol. The number of halogens is 1. The molecule has 35 heavy (non-hydrogen) atoms. The summed E-state index contributed by atoms with van der Waals surface area (Å²) in [5.74, 6) is -0.0398. The largest absolute Gasteiger partial charge is 0.327 e. The zero-order valence-corrected chi connectivity index (χ0v) is 19.7. The molecule has 170 valence electrons. The molecule has 5 aromatic rings. The Kier molecular flexibility index (Phi) is 5.51. The summed E-state index contributed by atoms with van der Waals surface area (Å²) < 4.78 is 0. The Bertz CT molecular complexity index is 1550. The second-order valence-corrected chi connectivity index (χ2v) is 9.16. The first kappa shape index (κ1) is 21.5. The molecule has 1 aliphatic heterocycles. The van der Waals surface area contributed by atoms with Crippen LogP contribution < -0.4 is 0 Å². The molecule has 4 nitrogen and oxygen atoms in total. The molecule has 6 rings (SSSR count). The van der Waals surface area contributed by atoms with Gasteiger partial charge in [0.05, 0.1) is 22.8 Å². The lowest BCUT2D eigenvalue weighted by Crippen LogP contribution is -2.40. The fourth-order valence-corrected chi connectivity index (χ4v) is 5.18. The van der Waals surface area contributed by atoms with Gasteiger partial charge in [0, 0.05) is 34.9 Å². The van der Waals surface area contributed by atoms with Crippen LogP contribution in [0.15, 0.2) is 103 Å². The van der Waals surface area contributed by atoms with E-state index < -0.39 is 0 Å². The number of pyridine rings is 2. The second-order valence-electron chi connectivity index (χ2n) is 8.72. The molecule has 0 spiro atoms. The zero-order valence-electron chi connectivity index (χ0n) is 18.9. The molecule has 5 heteroatoms. The van der Waals surface area contributed by atoms with E-state index in [0.29, 0.717) is 17.1 Å². The molecule has 2 aromatic heterocycles. The van der Waals surface area contributed by atoms with Crippen LogP contribution in [0.25, 0.3) is 22.2 Å². The summed E-state index contributed by atoms with van der Waals surface area (Å²) in [7, 11) is 0. The highest BCUT2D eigenvalue weighted by Gasteiger charge is 2.33. The normalized spacial score (nSPS) is 15.1. The molecule has 0 N–H and O–H groups in total. The Morgan fingerprint density at radius 1 is 0.914 bits per heavy atom. The van der Waals surface area contributed by atoms with E-state index in [0.717, 1.165) is 39.7 Å². The fraction of sp³-hybridized carbons (Fsp3) is 0.100. The first-order valence-electron chi connectivity index (χ1n) is 11.6. The van der Waals surface area contributed by atoms with Crippen LogP contribution in [0.3, 0.4) is 0 Å². The molecule has 1 aliphatic rings. The van der Waals surface area contributed by atoms with Crippen LogP contribution in [-0.2, 0) is 6.42 Å². The average molecular weight is 476 g/mol.